The smallest absolute Gasteiger partial charge is 0.293 e. The Morgan fingerprint density at radius 3 is 2.44 bits per heavy atom. The molecule has 3 aromatic carbocycles. The Morgan fingerprint density at radius 2 is 1.66 bits per heavy atom. The molecule has 0 aliphatic rings. The number of amides is 2. The third-order valence-electron chi connectivity index (χ3n) is 4.60. The molecule has 1 heterocycles. The van der Waals surface area contributed by atoms with E-state index in [4.69, 9.17) is 25.5 Å². The molecular formula is C24H19ClN2O5. The summed E-state index contributed by atoms with van der Waals surface area (Å²) in [5, 5.41) is 6.66. The van der Waals surface area contributed by atoms with Crippen molar-refractivity contribution in [2.75, 3.05) is 24.4 Å². The maximum atomic E-state index is 13.0. The average Bonchev–Trinajstić information content (AvgIpc) is 3.17. The maximum Gasteiger partial charge on any atom is 0.293 e. The number of halogens is 1. The molecule has 8 heteroatoms. The van der Waals surface area contributed by atoms with E-state index in [9.17, 15) is 9.59 Å². The predicted octanol–water partition coefficient (Wildman–Crippen LogP) is 5.36. The van der Waals surface area contributed by atoms with Gasteiger partial charge in [-0.15, -0.1) is 0 Å². The van der Waals surface area contributed by atoms with Crippen molar-refractivity contribution in [3.8, 4) is 11.5 Å². The lowest BCUT2D eigenvalue weighted by Crippen LogP contribution is -2.22. The normalized spacial score (nSPS) is 10.6. The van der Waals surface area contributed by atoms with Gasteiger partial charge >= 0.3 is 0 Å². The molecule has 4 aromatic rings. The number of benzene rings is 3. The monoisotopic (exact) mass is 450 g/mol. The number of hydrogen-bond acceptors (Lipinski definition) is 5. The summed E-state index contributed by atoms with van der Waals surface area (Å²) in [5.74, 6) is -0.0101. The third kappa shape index (κ3) is 4.68. The van der Waals surface area contributed by atoms with Crippen LogP contribution < -0.4 is 20.1 Å². The fourth-order valence-corrected chi connectivity index (χ4v) is 3.24. The number of nitrogens with one attached hydrogen (secondary N) is 2. The highest BCUT2D eigenvalue weighted by Crippen LogP contribution is 2.32. The highest BCUT2D eigenvalue weighted by atomic mass is 35.5. The number of rotatable bonds is 7. The molecule has 0 aliphatic heterocycles. The molecule has 0 aliphatic carbocycles. The molecule has 2 N–H and O–H groups in total. The van der Waals surface area contributed by atoms with Crippen molar-refractivity contribution < 1.29 is 23.5 Å². The number of carbonyl (C=O) groups is 2. The first-order valence-electron chi connectivity index (χ1n) is 9.69. The van der Waals surface area contributed by atoms with Gasteiger partial charge in [-0.3, -0.25) is 9.59 Å². The number of carbonyl (C=O) groups excluding carboxylic acids is 2. The largest absolute Gasteiger partial charge is 0.495 e. The van der Waals surface area contributed by atoms with Crippen molar-refractivity contribution in [1.82, 2.24) is 0 Å². The Morgan fingerprint density at radius 1 is 0.938 bits per heavy atom. The first-order valence-corrected chi connectivity index (χ1v) is 10.1. The van der Waals surface area contributed by atoms with Crippen molar-refractivity contribution in [3.05, 3.63) is 83.6 Å². The van der Waals surface area contributed by atoms with Crippen LogP contribution in [0.5, 0.6) is 11.5 Å². The molecule has 2 amide bonds. The fraction of sp³-hybridized carbons (Fsp3) is 0.0833. The molecule has 0 spiro atoms. The summed E-state index contributed by atoms with van der Waals surface area (Å²) in [6, 6.07) is 20.7. The van der Waals surface area contributed by atoms with Gasteiger partial charge in [-0.1, -0.05) is 35.9 Å². The Labute approximate surface area is 188 Å². The van der Waals surface area contributed by atoms with E-state index in [1.54, 1.807) is 72.8 Å². The van der Waals surface area contributed by atoms with Crippen LogP contribution in [0.3, 0.4) is 0 Å². The van der Waals surface area contributed by atoms with E-state index in [2.05, 4.69) is 10.6 Å². The topological polar surface area (TPSA) is 89.8 Å². The van der Waals surface area contributed by atoms with Gasteiger partial charge in [0.15, 0.2) is 6.61 Å². The highest BCUT2D eigenvalue weighted by molar-refractivity contribution is 6.30. The summed E-state index contributed by atoms with van der Waals surface area (Å²) in [4.78, 5) is 25.6. The summed E-state index contributed by atoms with van der Waals surface area (Å²) in [5.41, 5.74) is 1.20. The molecule has 0 atom stereocenters. The van der Waals surface area contributed by atoms with Gasteiger partial charge in [-0.25, -0.2) is 0 Å². The molecule has 0 bridgehead atoms. The summed E-state index contributed by atoms with van der Waals surface area (Å²) < 4.78 is 16.5. The molecule has 1 aromatic heterocycles. The van der Waals surface area contributed by atoms with E-state index >= 15 is 0 Å². The van der Waals surface area contributed by atoms with E-state index in [1.807, 2.05) is 0 Å². The van der Waals surface area contributed by atoms with E-state index in [-0.39, 0.29) is 18.1 Å². The lowest BCUT2D eigenvalue weighted by molar-refractivity contribution is -0.118. The minimum Gasteiger partial charge on any atom is -0.495 e. The molecule has 162 valence electrons. The molecule has 7 nitrogen and oxygen atoms in total. The minimum absolute atomic E-state index is 0.0306. The summed E-state index contributed by atoms with van der Waals surface area (Å²) >= 11 is 5.86. The van der Waals surface area contributed by atoms with Gasteiger partial charge in [0.05, 0.1) is 12.8 Å². The van der Waals surface area contributed by atoms with Crippen molar-refractivity contribution in [1.29, 1.82) is 0 Å². The van der Waals surface area contributed by atoms with Gasteiger partial charge in [0.25, 0.3) is 11.8 Å². The predicted molar refractivity (Wildman–Crippen MR) is 123 cm³/mol. The van der Waals surface area contributed by atoms with Crippen LogP contribution in [0.4, 0.5) is 11.4 Å². The van der Waals surface area contributed by atoms with Crippen LogP contribution in [0.15, 0.2) is 77.2 Å². The number of methoxy groups -OCH3 is 1. The zero-order valence-corrected chi connectivity index (χ0v) is 17.8. The van der Waals surface area contributed by atoms with Crippen LogP contribution in [0, 0.1) is 0 Å². The van der Waals surface area contributed by atoms with Crippen molar-refractivity contribution in [2.24, 2.45) is 0 Å². The van der Waals surface area contributed by atoms with E-state index in [1.165, 1.54) is 7.11 Å². The van der Waals surface area contributed by atoms with Gasteiger partial charge in [0, 0.05) is 10.4 Å². The van der Waals surface area contributed by atoms with Crippen LogP contribution in [-0.4, -0.2) is 25.5 Å². The first-order chi connectivity index (χ1) is 15.5. The van der Waals surface area contributed by atoms with Crippen LogP contribution >= 0.6 is 11.6 Å². The summed E-state index contributed by atoms with van der Waals surface area (Å²) in [6.07, 6.45) is 0. The van der Waals surface area contributed by atoms with Gasteiger partial charge in [-0.2, -0.15) is 0 Å². The molecule has 0 fully saturated rings. The zero-order valence-electron chi connectivity index (χ0n) is 17.1. The lowest BCUT2D eigenvalue weighted by atomic mass is 10.2. The highest BCUT2D eigenvalue weighted by Gasteiger charge is 2.23. The fourth-order valence-electron chi connectivity index (χ4n) is 3.11. The maximum absolute atomic E-state index is 13.0. The van der Waals surface area contributed by atoms with Gasteiger partial charge in [-0.05, 0) is 48.5 Å². The molecule has 0 saturated heterocycles. The Kier molecular flexibility index (Phi) is 6.28. The quantitative estimate of drug-likeness (QED) is 0.395. The molecule has 4 rings (SSSR count). The Bertz CT molecular complexity index is 1270. The zero-order chi connectivity index (χ0) is 22.5. The van der Waals surface area contributed by atoms with Gasteiger partial charge in [0.1, 0.15) is 22.8 Å². The van der Waals surface area contributed by atoms with Crippen LogP contribution in [0.1, 0.15) is 10.6 Å². The molecule has 32 heavy (non-hydrogen) atoms. The molecular weight excluding hydrogens is 432 g/mol. The second kappa shape index (κ2) is 9.45. The van der Waals surface area contributed by atoms with Crippen LogP contribution in [0.2, 0.25) is 5.02 Å². The number of furan rings is 1. The number of para-hydroxylation sites is 3. The SMILES string of the molecule is COc1ccccc1NC(=O)c1oc2ccccc2c1NC(=O)COc1ccc(Cl)cc1. The van der Waals surface area contributed by atoms with E-state index < -0.39 is 11.8 Å². The average molecular weight is 451 g/mol. The molecule has 0 radical (unpaired) electrons. The van der Waals surface area contributed by atoms with E-state index in [0.717, 1.165) is 0 Å². The van der Waals surface area contributed by atoms with Crippen molar-refractivity contribution >= 4 is 45.8 Å². The van der Waals surface area contributed by atoms with Crippen molar-refractivity contribution in [2.45, 2.75) is 0 Å². The first kappa shape index (κ1) is 21.3. The summed E-state index contributed by atoms with van der Waals surface area (Å²) in [7, 11) is 1.51. The van der Waals surface area contributed by atoms with Crippen molar-refractivity contribution in [3.63, 3.8) is 0 Å². The second-order valence-corrected chi connectivity index (χ2v) is 7.18. The number of anilines is 2. The second-order valence-electron chi connectivity index (χ2n) is 6.75. The number of fused-ring (bicyclic) bond motifs is 1. The lowest BCUT2D eigenvalue weighted by Gasteiger charge is -2.10. The molecule has 0 unspecified atom stereocenters. The van der Waals surface area contributed by atoms with Gasteiger partial charge < -0.3 is 24.5 Å². The number of ether oxygens (including phenoxy) is 2. The standard InChI is InChI=1S/C24H19ClN2O5/c1-30-20-9-5-3-7-18(20)26-24(29)23-22(17-6-2-4-8-19(17)32-23)27-21(28)14-31-16-12-10-15(25)11-13-16/h2-13H,14H2,1H3,(H,26,29)(H,27,28). The number of hydrogen-bond donors (Lipinski definition) is 2. The molecule has 0 saturated carbocycles. The van der Waals surface area contributed by atoms with Crippen LogP contribution in [0.25, 0.3) is 11.0 Å². The third-order valence-corrected chi connectivity index (χ3v) is 4.86. The Hall–Kier alpha value is -3.97. The Balaban J connectivity index is 1.56. The van der Waals surface area contributed by atoms with E-state index in [0.29, 0.717) is 33.2 Å². The van der Waals surface area contributed by atoms with Gasteiger partial charge in [0.2, 0.25) is 5.76 Å². The minimum atomic E-state index is -0.528. The summed E-state index contributed by atoms with van der Waals surface area (Å²) in [6.45, 7) is -0.255. The van der Waals surface area contributed by atoms with Crippen LogP contribution in [-0.2, 0) is 4.79 Å².